The van der Waals surface area contributed by atoms with Crippen molar-refractivity contribution in [2.24, 2.45) is 46.8 Å². The minimum Gasteiger partial charge on any atom is -0.395 e. The highest BCUT2D eigenvalue weighted by molar-refractivity contribution is 6.11. The number of rotatable bonds is 41. The Morgan fingerprint density at radius 2 is 0.580 bits per heavy atom. The van der Waals surface area contributed by atoms with Crippen LogP contribution in [0.15, 0.2) is 226 Å². The number of nitrogens with one attached hydrogen (secondary N) is 7. The number of aryl methyl sites for hydroxylation is 1. The fourth-order valence-electron chi connectivity index (χ4n) is 16.9. The molecule has 28 nitrogen and oxygen atoms in total. The summed E-state index contributed by atoms with van der Waals surface area (Å²) in [4.78, 5) is 112. The molecule has 131 heavy (non-hydrogen) atoms. The maximum absolute atomic E-state index is 11.8. The van der Waals surface area contributed by atoms with Gasteiger partial charge in [-0.25, -0.2) is 0 Å². The van der Waals surface area contributed by atoms with Gasteiger partial charge in [-0.3, -0.25) is 68.5 Å². The Labute approximate surface area is 773 Å². The molecule has 0 bridgehead atoms. The summed E-state index contributed by atoms with van der Waals surface area (Å²) in [7, 11) is 0. The number of ketones is 7. The predicted octanol–water partition coefficient (Wildman–Crippen LogP) is 10.1. The lowest BCUT2D eigenvalue weighted by atomic mass is 9.99. The highest BCUT2D eigenvalue weighted by atomic mass is 16.3. The number of carbonyl (C=O) groups excluding carboxylic acids is 7. The molecular formula is C103H142N14O14. The highest BCUT2D eigenvalue weighted by Crippen LogP contribution is 2.37. The van der Waals surface area contributed by atoms with E-state index in [-0.39, 0.29) is 129 Å². The van der Waals surface area contributed by atoms with Crippen molar-refractivity contribution in [2.45, 2.75) is 252 Å². The van der Waals surface area contributed by atoms with Gasteiger partial charge >= 0.3 is 0 Å². The second kappa shape index (κ2) is 55.8. The molecule has 7 aliphatic heterocycles. The van der Waals surface area contributed by atoms with Gasteiger partial charge < -0.3 is 73.0 Å². The average molecular weight is 1800 g/mol. The summed E-state index contributed by atoms with van der Waals surface area (Å²) in [5.74, 6) is 2.31. The Morgan fingerprint density at radius 3 is 0.847 bits per heavy atom. The van der Waals surface area contributed by atoms with Gasteiger partial charge in [0, 0.05) is 216 Å². The number of aliphatic hydroxyl groups excluding tert-OH is 7. The number of allylic oxidation sites excluding steroid dienone is 14. The summed E-state index contributed by atoms with van der Waals surface area (Å²) in [6.45, 7) is 22.3. The van der Waals surface area contributed by atoms with Crippen LogP contribution in [0.2, 0.25) is 0 Å². The summed E-state index contributed by atoms with van der Waals surface area (Å²) < 4.78 is 0. The molecule has 0 unspecified atom stereocenters. The molecule has 0 spiro atoms. The lowest BCUT2D eigenvalue weighted by Gasteiger charge is -2.23. The van der Waals surface area contributed by atoms with Crippen molar-refractivity contribution in [3.63, 3.8) is 0 Å². The van der Waals surface area contributed by atoms with Crippen LogP contribution in [-0.4, -0.2) is 254 Å². The first-order valence-corrected chi connectivity index (χ1v) is 47.4. The van der Waals surface area contributed by atoms with E-state index >= 15 is 0 Å². The lowest BCUT2D eigenvalue weighted by Crippen LogP contribution is -2.39. The van der Waals surface area contributed by atoms with Crippen LogP contribution in [0, 0.1) is 11.8 Å². The molecule has 0 amide bonds. The molecule has 0 saturated carbocycles. The number of hydrogen-bond donors (Lipinski definition) is 14. The third-order valence-corrected chi connectivity index (χ3v) is 25.3. The third-order valence-electron chi connectivity index (χ3n) is 25.3. The molecule has 14 N–H and O–H groups in total. The zero-order valence-corrected chi connectivity index (χ0v) is 78.2. The largest absolute Gasteiger partial charge is 0.395 e. The van der Waals surface area contributed by atoms with Crippen LogP contribution in [0.1, 0.15) is 209 Å². The monoisotopic (exact) mass is 1800 g/mol. The van der Waals surface area contributed by atoms with Gasteiger partial charge in [0.15, 0.2) is 40.5 Å². The van der Waals surface area contributed by atoms with Crippen molar-refractivity contribution < 1.29 is 69.3 Å². The van der Waals surface area contributed by atoms with Gasteiger partial charge in [0.1, 0.15) is 0 Å². The van der Waals surface area contributed by atoms with E-state index in [2.05, 4.69) is 162 Å². The van der Waals surface area contributed by atoms with E-state index in [1.165, 1.54) is 5.56 Å². The van der Waals surface area contributed by atoms with Crippen molar-refractivity contribution in [1.82, 2.24) is 37.2 Å². The van der Waals surface area contributed by atoms with Crippen LogP contribution < -0.4 is 37.2 Å². The number of carbonyl (C=O) groups is 7. The maximum atomic E-state index is 11.8. The molecule has 0 fully saturated rings. The molecule has 0 aromatic heterocycles. The topological polar surface area (TPSA) is 432 Å². The molecule has 14 aliphatic rings. The Balaban J connectivity index is 0.000000173. The SMILES string of the molecule is CC(C)C[C@@H](CO)NCC1=CCC2=C1N=CCC2=O.CCCC[C@@H](CO)NCC1=CCC2=C1N=CCC2=O.CCC[C@@H](CO)NCC1=CCC2=C1N=CCC2=O.CC[C@@H](CO)NCC1=CCC2=C1N=CCC2=O.CC[C@H](C)[C@@H](CO)NCC1=CCC2=C1N=CCC2=O.C[C@@H](CO)NCC1=CCC2=C1N=CCC2=O.O=C1CC=NC2=C1CC=C2CN[C@H](CO)CCc1ccccc1. The van der Waals surface area contributed by atoms with Gasteiger partial charge in [-0.15, -0.1) is 0 Å². The number of benzene rings is 1. The Hall–Kier alpha value is -9.60. The van der Waals surface area contributed by atoms with E-state index in [4.69, 9.17) is 10.2 Å². The highest BCUT2D eigenvalue weighted by Gasteiger charge is 2.33. The van der Waals surface area contributed by atoms with E-state index in [0.717, 1.165) is 182 Å². The molecule has 8 atom stereocenters. The van der Waals surface area contributed by atoms with Crippen LogP contribution in [0.25, 0.3) is 0 Å². The zero-order valence-electron chi connectivity index (χ0n) is 78.2. The van der Waals surface area contributed by atoms with Gasteiger partial charge in [-0.05, 0) is 147 Å². The number of aliphatic hydroxyl groups is 7. The first kappa shape index (κ1) is 105. The third kappa shape index (κ3) is 31.3. The fraction of sp³-hybridized carbons (Fsp3) is 0.534. The van der Waals surface area contributed by atoms with Gasteiger partial charge in [-0.2, -0.15) is 0 Å². The van der Waals surface area contributed by atoms with Gasteiger partial charge in [0.2, 0.25) is 0 Å². The van der Waals surface area contributed by atoms with Gasteiger partial charge in [-0.1, -0.05) is 147 Å². The smallest absolute Gasteiger partial charge is 0.166 e. The number of hydrogen-bond acceptors (Lipinski definition) is 28. The van der Waals surface area contributed by atoms with E-state index < -0.39 is 0 Å². The van der Waals surface area contributed by atoms with Crippen LogP contribution in [0.3, 0.4) is 0 Å². The van der Waals surface area contributed by atoms with Gasteiger partial charge in [0.25, 0.3) is 0 Å². The molecule has 708 valence electrons. The summed E-state index contributed by atoms with van der Waals surface area (Å²) in [6.07, 6.45) is 44.1. The van der Waals surface area contributed by atoms with Crippen molar-refractivity contribution >= 4 is 84.0 Å². The van der Waals surface area contributed by atoms with E-state index in [9.17, 15) is 59.1 Å². The summed E-state index contributed by atoms with van der Waals surface area (Å²) >= 11 is 0. The molecule has 7 aliphatic carbocycles. The fourth-order valence-corrected chi connectivity index (χ4v) is 16.9. The minimum absolute atomic E-state index is 0.0454. The predicted molar refractivity (Wildman–Crippen MR) is 521 cm³/mol. The molecule has 15 rings (SSSR count). The van der Waals surface area contributed by atoms with E-state index in [0.29, 0.717) is 148 Å². The van der Waals surface area contributed by atoms with Crippen LogP contribution in [0.4, 0.5) is 0 Å². The number of aliphatic imine (C=N–C) groups is 7. The second-order valence-corrected chi connectivity index (χ2v) is 35.2. The van der Waals surface area contributed by atoms with Crippen LogP contribution in [-0.2, 0) is 40.0 Å². The number of nitrogens with zero attached hydrogens (tertiary/aromatic N) is 7. The maximum Gasteiger partial charge on any atom is 0.166 e. The second-order valence-electron chi connectivity index (χ2n) is 35.2. The zero-order chi connectivity index (χ0) is 94.1. The van der Waals surface area contributed by atoms with Crippen LogP contribution in [0.5, 0.6) is 0 Å². The molecular weight excluding hydrogens is 1660 g/mol. The summed E-state index contributed by atoms with van der Waals surface area (Å²) in [5.41, 5.74) is 20.7. The summed E-state index contributed by atoms with van der Waals surface area (Å²) in [6, 6.07) is 11.0. The normalized spacial score (nSPS) is 20.1. The van der Waals surface area contributed by atoms with Gasteiger partial charge in [0.05, 0.1) is 86.1 Å². The molecule has 0 radical (unpaired) electrons. The lowest BCUT2D eigenvalue weighted by molar-refractivity contribution is -0.115. The standard InChI is InChI=1S/C19H22N2O2.3C15H22N2O2.C14H20N2O2.C13H18N2O2.C12H16N2O2/c22-13-16(8-6-14-4-2-1-3-5-14)21-12-15-7-9-17-18(23)10-11-20-19(15)17;1-10(2)7-12(9-18)17-8-11-3-4-13-14(19)5-6-16-15(11)13;1-3-10(2)13(9-18)17-8-11-4-5-12-14(19)6-7-16-15(11)12;1-2-3-4-12(10-18)17-9-11-5-6-13-14(19)7-8-16-15(11)13;1-2-3-11(9-17)16-8-10-4-5-12-13(18)6-7-15-14(10)12;1-2-10(8-16)15-7-9-3-4-11-12(17)5-6-14-13(9)11;1-8(7-15)14-6-9-2-3-10-11(16)4-5-13-12(9)10/h1-5,7,11,16,21-22H,6,8-10,12-13H2;3,6,10,12,17-18H,4-5,7-9H2,1-2H3;4,7,10,13,17-18H,3,5-6,8-9H2,1-2H3;5,8,12,17-18H,2-4,6-7,9-10H2,1H3;4,7,11,16-17H,2-3,5-6,8-9H2,1H3;3,6,10,15-16H,2,4-5,7-8H2,1H3;2,5,8,14-15H,3-4,6-7H2,1H3/t16-;12-;10-,13+;12-;11-;10-;8-/m0000000/s1. The molecule has 0 saturated heterocycles. The first-order valence-electron chi connectivity index (χ1n) is 47.4. The van der Waals surface area contributed by atoms with Crippen molar-refractivity contribution in [1.29, 1.82) is 0 Å². The quantitative estimate of drug-likeness (QED) is 0.0290. The average Bonchev–Trinajstić information content (AvgIpc) is 1.74. The van der Waals surface area contributed by atoms with Crippen molar-refractivity contribution in [2.75, 3.05) is 92.1 Å². The Morgan fingerprint density at radius 1 is 0.298 bits per heavy atom. The van der Waals surface area contributed by atoms with Crippen molar-refractivity contribution in [3.8, 4) is 0 Å². The van der Waals surface area contributed by atoms with E-state index in [1.54, 1.807) is 43.5 Å². The first-order chi connectivity index (χ1) is 63.5. The summed E-state index contributed by atoms with van der Waals surface area (Å²) in [5, 5.41) is 88.1. The molecule has 7 heterocycles. The molecule has 28 heteroatoms. The number of Topliss-reactive ketones (excluding diaryl/α,β-unsaturated/α-hetero) is 7. The Kier molecular flexibility index (Phi) is 44.8. The minimum atomic E-state index is 0.0454. The Bertz CT molecular complexity index is 4890. The van der Waals surface area contributed by atoms with Crippen LogP contribution >= 0.6 is 0 Å². The van der Waals surface area contributed by atoms with E-state index in [1.807, 2.05) is 38.1 Å². The number of unbranched alkanes of at least 4 members (excludes halogenated alkanes) is 1. The molecule has 1 aromatic rings. The molecule has 1 aromatic carbocycles. The van der Waals surface area contributed by atoms with Crippen molar-refractivity contribution in [3.05, 3.63) is 196 Å².